The molecule has 402 valence electrons. The third-order valence-electron chi connectivity index (χ3n) is 13.2. The highest BCUT2D eigenvalue weighted by Gasteiger charge is 2.36. The molecule has 2 fully saturated rings. The maximum Gasteiger partial charge on any atom is 0.257 e. The van der Waals surface area contributed by atoms with E-state index in [1.165, 1.54) is 11.1 Å². The SMILES string of the molecule is C/C=C1\C[C@H]2C=Nc3cc(OCc4cc(OCCN(CCOCCOCCOCCOCCOC)CC(C)(C)SC)cc(COc5cc6c(cc5OC)C(=O)N5C/C(=C/C)C[C@H]5C=N6)n4)c(OC)cc3C(=O)N2C1. The van der Waals surface area contributed by atoms with E-state index >= 15 is 0 Å². The monoisotopic (exact) mass is 1040 g/mol. The Bertz CT molecular complexity index is 2360. The fourth-order valence-corrected chi connectivity index (χ4v) is 9.26. The molecule has 1 aromatic heterocycles. The fraction of sp³-hybridized carbons (Fsp3) is 0.545. The molecule has 0 saturated carbocycles. The number of allylic oxidation sites excluding steroid dienone is 2. The molecular weight excluding hydrogens is 969 g/mol. The molecule has 0 bridgehead atoms. The van der Waals surface area contributed by atoms with Crippen LogP contribution in [0.4, 0.5) is 11.4 Å². The van der Waals surface area contributed by atoms with E-state index in [0.717, 1.165) is 19.4 Å². The molecule has 18 nitrogen and oxygen atoms in total. The van der Waals surface area contributed by atoms with Crippen molar-refractivity contribution in [1.82, 2.24) is 19.7 Å². The smallest absolute Gasteiger partial charge is 0.257 e. The standard InChI is InChI=1S/C55H74N6O12S/c1-9-38-23-42-31-56-47-29-51(49(65-6)27-45(47)53(62)60(42)33-38)72-35-40-25-44(71-14-12-59(37-55(3,4)74-8)11-13-67-17-18-69-21-22-70-20-19-68-16-15-64-5)26-41(58-40)36-73-52-30-48-46(28-50(52)66-7)54(63)61-34-39(10-2)24-43(61)32-57-48/h9-10,25-32,42-43H,11-24,33-37H2,1-8H3/b38-9+,39-10+/t42-,43-/m0/s1. The van der Waals surface area contributed by atoms with Gasteiger partial charge in [-0.15, -0.1) is 0 Å². The first kappa shape index (κ1) is 56.2. The average molecular weight is 1040 g/mol. The van der Waals surface area contributed by atoms with Crippen molar-refractivity contribution < 1.29 is 57.0 Å². The number of aromatic nitrogens is 1. The molecule has 2 amide bonds. The zero-order chi connectivity index (χ0) is 52.5. The molecule has 4 aliphatic heterocycles. The van der Waals surface area contributed by atoms with Gasteiger partial charge in [0.15, 0.2) is 23.0 Å². The van der Waals surface area contributed by atoms with Crippen LogP contribution < -0.4 is 23.7 Å². The summed E-state index contributed by atoms with van der Waals surface area (Å²) in [6.07, 6.45) is 11.4. The Morgan fingerprint density at radius 2 is 1.08 bits per heavy atom. The van der Waals surface area contributed by atoms with Crippen LogP contribution >= 0.6 is 11.8 Å². The first-order chi connectivity index (χ1) is 36.0. The number of hydrogen-bond donors (Lipinski definition) is 0. The van der Waals surface area contributed by atoms with Gasteiger partial charge in [0, 0.05) is 81.3 Å². The Morgan fingerprint density at radius 1 is 0.622 bits per heavy atom. The topological polar surface area (TPSA) is 174 Å². The number of pyridine rings is 1. The predicted octanol–water partition coefficient (Wildman–Crippen LogP) is 7.55. The average Bonchev–Trinajstić information content (AvgIpc) is 3.98. The van der Waals surface area contributed by atoms with Gasteiger partial charge in [-0.1, -0.05) is 23.3 Å². The zero-order valence-corrected chi connectivity index (χ0v) is 45.2. The number of benzene rings is 2. The number of aliphatic imine (C=N–C) groups is 2. The molecule has 3 aromatic rings. The molecule has 0 radical (unpaired) electrons. The number of hydrogen-bond acceptors (Lipinski definition) is 17. The summed E-state index contributed by atoms with van der Waals surface area (Å²) in [4.78, 5) is 48.1. The van der Waals surface area contributed by atoms with E-state index in [2.05, 4.69) is 37.2 Å². The quantitative estimate of drug-likeness (QED) is 0.0473. The molecule has 4 aliphatic rings. The van der Waals surface area contributed by atoms with Crippen LogP contribution in [0.3, 0.4) is 0 Å². The van der Waals surface area contributed by atoms with Gasteiger partial charge < -0.3 is 57.2 Å². The minimum atomic E-state index is -0.114. The Kier molecular flexibility index (Phi) is 21.1. The molecule has 2 atom stereocenters. The largest absolute Gasteiger partial charge is 0.493 e. The van der Waals surface area contributed by atoms with E-state index in [0.29, 0.717) is 155 Å². The van der Waals surface area contributed by atoms with Gasteiger partial charge >= 0.3 is 0 Å². The highest BCUT2D eigenvalue weighted by Crippen LogP contribution is 2.41. The second-order valence-corrected chi connectivity index (χ2v) is 20.3. The Hall–Kier alpha value is -5.54. The zero-order valence-electron chi connectivity index (χ0n) is 44.4. The van der Waals surface area contributed by atoms with Crippen molar-refractivity contribution in [2.45, 2.75) is 70.6 Å². The van der Waals surface area contributed by atoms with Crippen LogP contribution in [-0.2, 0) is 36.9 Å². The van der Waals surface area contributed by atoms with Crippen LogP contribution in [-0.4, -0.2) is 187 Å². The second kappa shape index (κ2) is 27.8. The molecule has 0 unspecified atom stereocenters. The summed E-state index contributed by atoms with van der Waals surface area (Å²) in [5, 5.41) is 0. The van der Waals surface area contributed by atoms with Gasteiger partial charge in [-0.3, -0.25) is 29.5 Å². The number of fused-ring (bicyclic) bond motifs is 4. The Morgan fingerprint density at radius 3 is 1.53 bits per heavy atom. The number of ether oxygens (including phenoxy) is 10. The first-order valence-corrected chi connectivity index (χ1v) is 26.6. The number of methoxy groups -OCH3 is 3. The second-order valence-electron chi connectivity index (χ2n) is 18.8. The van der Waals surface area contributed by atoms with Gasteiger partial charge in [0.05, 0.1) is 120 Å². The first-order valence-electron chi connectivity index (χ1n) is 25.3. The van der Waals surface area contributed by atoms with Gasteiger partial charge in [0.25, 0.3) is 11.8 Å². The van der Waals surface area contributed by atoms with E-state index in [-0.39, 0.29) is 41.9 Å². The van der Waals surface area contributed by atoms with Gasteiger partial charge in [-0.25, -0.2) is 0 Å². The summed E-state index contributed by atoms with van der Waals surface area (Å²) in [5.41, 5.74) is 5.47. The molecule has 19 heteroatoms. The number of carbonyl (C=O) groups excluding carboxylic acids is 2. The normalized spacial score (nSPS) is 18.2. The van der Waals surface area contributed by atoms with Crippen molar-refractivity contribution in [3.05, 3.63) is 82.2 Å². The fourth-order valence-electron chi connectivity index (χ4n) is 8.95. The number of rotatable bonds is 30. The van der Waals surface area contributed by atoms with Crippen molar-refractivity contribution in [3.8, 4) is 28.7 Å². The minimum Gasteiger partial charge on any atom is -0.493 e. The lowest BCUT2D eigenvalue weighted by atomic mass is 10.1. The van der Waals surface area contributed by atoms with Crippen molar-refractivity contribution in [1.29, 1.82) is 0 Å². The highest BCUT2D eigenvalue weighted by atomic mass is 32.2. The van der Waals surface area contributed by atoms with Gasteiger partial charge in [-0.2, -0.15) is 11.8 Å². The van der Waals surface area contributed by atoms with Gasteiger partial charge in [0.1, 0.15) is 25.6 Å². The Balaban J connectivity index is 1.03. The number of amides is 2. The molecule has 0 N–H and O–H groups in total. The van der Waals surface area contributed by atoms with Crippen LogP contribution in [0.25, 0.3) is 0 Å². The van der Waals surface area contributed by atoms with E-state index in [9.17, 15) is 9.59 Å². The van der Waals surface area contributed by atoms with Crippen molar-refractivity contribution in [3.63, 3.8) is 0 Å². The molecule has 5 heterocycles. The van der Waals surface area contributed by atoms with Crippen molar-refractivity contribution in [2.75, 3.05) is 126 Å². The van der Waals surface area contributed by atoms with Gasteiger partial charge in [0.2, 0.25) is 0 Å². The van der Waals surface area contributed by atoms with E-state index in [1.807, 2.05) is 60.0 Å². The van der Waals surface area contributed by atoms with E-state index in [1.54, 1.807) is 45.6 Å². The summed E-state index contributed by atoms with van der Waals surface area (Å²) in [6, 6.07) is 10.4. The number of nitrogens with zero attached hydrogens (tertiary/aromatic N) is 6. The van der Waals surface area contributed by atoms with Crippen molar-refractivity contribution >= 4 is 47.4 Å². The highest BCUT2D eigenvalue weighted by molar-refractivity contribution is 7.99. The van der Waals surface area contributed by atoms with Crippen LogP contribution in [0.1, 0.15) is 72.6 Å². The summed E-state index contributed by atoms with van der Waals surface area (Å²) in [6.45, 7) is 16.8. The minimum absolute atomic E-state index is 0.00637. The summed E-state index contributed by atoms with van der Waals surface area (Å²) >= 11 is 1.81. The third-order valence-corrected chi connectivity index (χ3v) is 14.4. The lowest BCUT2D eigenvalue weighted by Gasteiger charge is -2.31. The summed E-state index contributed by atoms with van der Waals surface area (Å²) in [7, 11) is 4.74. The molecule has 74 heavy (non-hydrogen) atoms. The number of thioether (sulfide) groups is 1. The molecule has 7 rings (SSSR count). The summed E-state index contributed by atoms with van der Waals surface area (Å²) < 4.78 is 58.6. The predicted molar refractivity (Wildman–Crippen MR) is 286 cm³/mol. The van der Waals surface area contributed by atoms with Crippen LogP contribution in [0.2, 0.25) is 0 Å². The molecule has 2 aromatic carbocycles. The lowest BCUT2D eigenvalue weighted by molar-refractivity contribution is -0.00952. The maximum atomic E-state index is 13.8. The van der Waals surface area contributed by atoms with Gasteiger partial charge in [-0.05, 0) is 58.9 Å². The molecule has 0 spiro atoms. The van der Waals surface area contributed by atoms with E-state index < -0.39 is 0 Å². The van der Waals surface area contributed by atoms with Crippen LogP contribution in [0.15, 0.2) is 69.7 Å². The molecule has 2 saturated heterocycles. The van der Waals surface area contributed by atoms with Crippen molar-refractivity contribution in [2.24, 2.45) is 9.98 Å². The number of carbonyl (C=O) groups is 2. The summed E-state index contributed by atoms with van der Waals surface area (Å²) in [5.74, 6) is 2.00. The Labute approximate surface area is 440 Å². The molecular formula is C55H74N6O12S. The maximum absolute atomic E-state index is 13.8. The van der Waals surface area contributed by atoms with Crippen LogP contribution in [0, 0.1) is 0 Å². The van der Waals surface area contributed by atoms with Crippen LogP contribution in [0.5, 0.6) is 28.7 Å². The lowest BCUT2D eigenvalue weighted by Crippen LogP contribution is -2.40. The van der Waals surface area contributed by atoms with E-state index in [4.69, 9.17) is 62.3 Å². The third kappa shape index (κ3) is 15.3. The molecule has 0 aliphatic carbocycles.